The van der Waals surface area contributed by atoms with Gasteiger partial charge in [0.15, 0.2) is 0 Å². The first kappa shape index (κ1) is 19.1. The molecule has 1 N–H and O–H groups in total. The maximum absolute atomic E-state index is 10.2. The Morgan fingerprint density at radius 1 is 1.11 bits per heavy atom. The van der Waals surface area contributed by atoms with Crippen LogP contribution >= 0.6 is 11.3 Å². The van der Waals surface area contributed by atoms with Crippen molar-refractivity contribution in [1.29, 1.82) is 0 Å². The van der Waals surface area contributed by atoms with E-state index in [1.165, 1.54) is 4.88 Å². The molecular weight excluding hydrogens is 368 g/mol. The zero-order valence-corrected chi connectivity index (χ0v) is 17.0. The van der Waals surface area contributed by atoms with Crippen molar-refractivity contribution >= 4 is 11.3 Å². The fourth-order valence-corrected chi connectivity index (χ4v) is 4.74. The lowest BCUT2D eigenvalue weighted by atomic mass is 10.1. The minimum absolute atomic E-state index is 0.271. The van der Waals surface area contributed by atoms with E-state index < -0.39 is 0 Å². The third-order valence-corrected chi connectivity index (χ3v) is 6.34. The zero-order chi connectivity index (χ0) is 19.3. The van der Waals surface area contributed by atoms with Crippen molar-refractivity contribution in [1.82, 2.24) is 9.88 Å². The molecule has 28 heavy (non-hydrogen) atoms. The van der Waals surface area contributed by atoms with Crippen LogP contribution in [0, 0.1) is 6.92 Å². The number of benzene rings is 2. The predicted octanol–water partition coefficient (Wildman–Crippen LogP) is 5.01. The molecule has 0 bridgehead atoms. The molecule has 146 valence electrons. The number of aryl methyl sites for hydroxylation is 1. The van der Waals surface area contributed by atoms with E-state index >= 15 is 0 Å². The number of hydrogen-bond donors (Lipinski definition) is 1. The number of nitrogens with zero attached hydrogens (tertiary/aromatic N) is 2. The molecule has 1 aliphatic heterocycles. The third kappa shape index (κ3) is 4.61. The van der Waals surface area contributed by atoms with Gasteiger partial charge in [-0.2, -0.15) is 0 Å². The molecule has 1 atom stereocenters. The van der Waals surface area contributed by atoms with E-state index in [2.05, 4.69) is 24.0 Å². The Labute approximate surface area is 170 Å². The largest absolute Gasteiger partial charge is 0.508 e. The Hall–Kier alpha value is -2.21. The van der Waals surface area contributed by atoms with Crippen LogP contribution in [0.1, 0.15) is 29.0 Å². The molecule has 2 heterocycles. The summed E-state index contributed by atoms with van der Waals surface area (Å²) >= 11 is 1.76. The summed E-state index contributed by atoms with van der Waals surface area (Å²) in [6.45, 7) is 5.32. The number of phenols is 1. The minimum Gasteiger partial charge on any atom is -0.508 e. The summed E-state index contributed by atoms with van der Waals surface area (Å²) in [5, 5.41) is 11.3. The minimum atomic E-state index is 0.271. The van der Waals surface area contributed by atoms with Crippen molar-refractivity contribution < 1.29 is 9.84 Å². The van der Waals surface area contributed by atoms with E-state index in [4.69, 9.17) is 9.72 Å². The topological polar surface area (TPSA) is 45.6 Å². The molecule has 5 heteroatoms. The van der Waals surface area contributed by atoms with Crippen molar-refractivity contribution in [3.8, 4) is 16.3 Å². The Morgan fingerprint density at radius 2 is 1.89 bits per heavy atom. The molecular formula is C23H26N2O2S. The Kier molecular flexibility index (Phi) is 6.05. The molecule has 1 fully saturated rings. The van der Waals surface area contributed by atoms with E-state index in [0.717, 1.165) is 54.4 Å². The maximum Gasteiger partial charge on any atom is 0.123 e. The molecule has 1 saturated heterocycles. The first-order valence-corrected chi connectivity index (χ1v) is 10.6. The second-order valence-electron chi connectivity index (χ2n) is 7.33. The summed E-state index contributed by atoms with van der Waals surface area (Å²) in [5.41, 5.74) is 3.19. The van der Waals surface area contributed by atoms with Gasteiger partial charge in [-0.15, -0.1) is 11.3 Å². The van der Waals surface area contributed by atoms with Crippen molar-refractivity contribution in [2.75, 3.05) is 13.2 Å². The summed E-state index contributed by atoms with van der Waals surface area (Å²) in [6.07, 6.45) is 2.51. The van der Waals surface area contributed by atoms with E-state index in [1.54, 1.807) is 17.4 Å². The van der Waals surface area contributed by atoms with Crippen LogP contribution in [0.15, 0.2) is 54.6 Å². The Morgan fingerprint density at radius 3 is 2.64 bits per heavy atom. The van der Waals surface area contributed by atoms with Crippen molar-refractivity contribution in [3.05, 3.63) is 70.7 Å². The molecule has 1 aliphatic rings. The van der Waals surface area contributed by atoms with Crippen LogP contribution in [0.5, 0.6) is 5.75 Å². The molecule has 0 aliphatic carbocycles. The monoisotopic (exact) mass is 394 g/mol. The molecule has 0 saturated carbocycles. The summed E-state index contributed by atoms with van der Waals surface area (Å²) in [7, 11) is 0. The van der Waals surface area contributed by atoms with Gasteiger partial charge in [-0.05, 0) is 25.8 Å². The van der Waals surface area contributed by atoms with Crippen LogP contribution in [-0.4, -0.2) is 34.2 Å². The van der Waals surface area contributed by atoms with Crippen molar-refractivity contribution in [3.63, 3.8) is 0 Å². The molecule has 0 radical (unpaired) electrons. The number of para-hydroxylation sites is 1. The molecule has 4 nitrogen and oxygen atoms in total. The van der Waals surface area contributed by atoms with Gasteiger partial charge in [0.25, 0.3) is 0 Å². The lowest BCUT2D eigenvalue weighted by Gasteiger charge is -2.25. The number of aromatic nitrogens is 1. The van der Waals surface area contributed by atoms with Crippen molar-refractivity contribution in [2.24, 2.45) is 0 Å². The Bertz CT molecular complexity index is 904. The molecule has 3 aromatic rings. The van der Waals surface area contributed by atoms with E-state index in [-0.39, 0.29) is 6.10 Å². The number of hydrogen-bond acceptors (Lipinski definition) is 5. The van der Waals surface area contributed by atoms with Crippen LogP contribution in [0.25, 0.3) is 10.6 Å². The van der Waals surface area contributed by atoms with Gasteiger partial charge in [0, 0.05) is 42.2 Å². The summed E-state index contributed by atoms with van der Waals surface area (Å²) < 4.78 is 5.88. The van der Waals surface area contributed by atoms with Gasteiger partial charge in [-0.3, -0.25) is 4.90 Å². The van der Waals surface area contributed by atoms with E-state index in [1.807, 2.05) is 36.4 Å². The van der Waals surface area contributed by atoms with Crippen LogP contribution in [-0.2, 0) is 17.8 Å². The standard InChI is InChI=1S/C23H26N2O2S/c1-17-22(28-23(24-17)18-8-3-2-4-9-18)16-25(15-20-11-7-13-27-20)14-19-10-5-6-12-21(19)26/h2-6,8-10,12,20,26H,7,11,13-16H2,1H3. The lowest BCUT2D eigenvalue weighted by Crippen LogP contribution is -2.31. The van der Waals surface area contributed by atoms with E-state index in [0.29, 0.717) is 12.3 Å². The van der Waals surface area contributed by atoms with Gasteiger partial charge in [0.2, 0.25) is 0 Å². The summed E-state index contributed by atoms with van der Waals surface area (Å²) in [6, 6.07) is 17.9. The molecule has 2 aromatic carbocycles. The van der Waals surface area contributed by atoms with Gasteiger partial charge < -0.3 is 9.84 Å². The maximum atomic E-state index is 10.2. The van der Waals surface area contributed by atoms with Crippen LogP contribution < -0.4 is 0 Å². The average molecular weight is 395 g/mol. The highest BCUT2D eigenvalue weighted by atomic mass is 32.1. The predicted molar refractivity (Wildman–Crippen MR) is 113 cm³/mol. The highest BCUT2D eigenvalue weighted by molar-refractivity contribution is 7.15. The van der Waals surface area contributed by atoms with Gasteiger partial charge >= 0.3 is 0 Å². The fraction of sp³-hybridized carbons (Fsp3) is 0.348. The molecule has 4 rings (SSSR count). The van der Waals surface area contributed by atoms with Gasteiger partial charge in [-0.1, -0.05) is 48.5 Å². The second kappa shape index (κ2) is 8.86. The zero-order valence-electron chi connectivity index (χ0n) is 16.2. The molecule has 1 unspecified atom stereocenters. The van der Waals surface area contributed by atoms with Gasteiger partial charge in [0.1, 0.15) is 10.8 Å². The smallest absolute Gasteiger partial charge is 0.123 e. The Balaban J connectivity index is 1.55. The number of aromatic hydroxyl groups is 1. The van der Waals surface area contributed by atoms with Crippen molar-refractivity contribution in [2.45, 2.75) is 39.0 Å². The lowest BCUT2D eigenvalue weighted by molar-refractivity contribution is 0.0679. The number of ether oxygens (including phenoxy) is 1. The highest BCUT2D eigenvalue weighted by Crippen LogP contribution is 2.30. The third-order valence-electron chi connectivity index (χ3n) is 5.15. The van der Waals surface area contributed by atoms with E-state index in [9.17, 15) is 5.11 Å². The quantitative estimate of drug-likeness (QED) is 0.612. The summed E-state index contributed by atoms with van der Waals surface area (Å²) in [5.74, 6) is 0.353. The second-order valence-corrected chi connectivity index (χ2v) is 8.41. The number of thiazole rings is 1. The van der Waals surface area contributed by atoms with Crippen LogP contribution in [0.4, 0.5) is 0 Å². The number of rotatable bonds is 7. The number of phenolic OH excluding ortho intramolecular Hbond substituents is 1. The highest BCUT2D eigenvalue weighted by Gasteiger charge is 2.22. The first-order valence-electron chi connectivity index (χ1n) is 9.81. The van der Waals surface area contributed by atoms with Gasteiger partial charge in [0.05, 0.1) is 11.8 Å². The SMILES string of the molecule is Cc1nc(-c2ccccc2)sc1CN(Cc1ccccc1O)CC1CCCO1. The van der Waals surface area contributed by atoms with Crippen LogP contribution in [0.2, 0.25) is 0 Å². The normalized spacial score (nSPS) is 16.7. The van der Waals surface area contributed by atoms with Gasteiger partial charge in [-0.25, -0.2) is 4.98 Å². The average Bonchev–Trinajstić information content (AvgIpc) is 3.34. The fourth-order valence-electron chi connectivity index (χ4n) is 3.63. The van der Waals surface area contributed by atoms with Crippen LogP contribution in [0.3, 0.4) is 0 Å². The molecule has 1 aromatic heterocycles. The summed E-state index contributed by atoms with van der Waals surface area (Å²) in [4.78, 5) is 8.45. The first-order chi connectivity index (χ1) is 13.7. The molecule has 0 amide bonds. The molecule has 0 spiro atoms.